The Morgan fingerprint density at radius 2 is 1.06 bits per heavy atom. The number of hydrogen-bond acceptors (Lipinski definition) is 6. The number of anilines is 3. The molecule has 9 fully saturated rings. The summed E-state index contributed by atoms with van der Waals surface area (Å²) in [6.45, 7) is 0. The minimum absolute atomic E-state index is 0.220. The molecule has 9 aliphatic rings. The summed E-state index contributed by atoms with van der Waals surface area (Å²) >= 11 is 0. The van der Waals surface area contributed by atoms with E-state index >= 15 is 0 Å². The molecular weight excluding hydrogens is 432 g/mol. The summed E-state index contributed by atoms with van der Waals surface area (Å²) in [6.07, 6.45) is 22.0. The largest absolute Gasteiger partial charge is 0.351 e. The zero-order chi connectivity index (χ0) is 23.0. The zero-order valence-electron chi connectivity index (χ0n) is 21.4. The molecule has 10 rings (SSSR count). The van der Waals surface area contributed by atoms with E-state index < -0.39 is 0 Å². The van der Waals surface area contributed by atoms with E-state index in [0.29, 0.717) is 12.1 Å². The van der Waals surface area contributed by atoms with Crippen LogP contribution in [0.15, 0.2) is 0 Å². The van der Waals surface area contributed by atoms with Crippen molar-refractivity contribution in [3.63, 3.8) is 0 Å². The van der Waals surface area contributed by atoms with E-state index in [0.717, 1.165) is 59.3 Å². The second-order valence-electron chi connectivity index (χ2n) is 14.2. The molecule has 8 bridgehead atoms. The van der Waals surface area contributed by atoms with Gasteiger partial charge >= 0.3 is 0 Å². The molecule has 6 nitrogen and oxygen atoms in total. The van der Waals surface area contributed by atoms with Crippen LogP contribution in [0.5, 0.6) is 0 Å². The number of nitrogens with zero attached hydrogens (tertiary/aromatic N) is 3. The predicted molar refractivity (Wildman–Crippen MR) is 139 cm³/mol. The van der Waals surface area contributed by atoms with Crippen molar-refractivity contribution in [1.82, 2.24) is 15.0 Å². The van der Waals surface area contributed by atoms with E-state index in [4.69, 9.17) is 15.0 Å². The molecule has 0 spiro atoms. The van der Waals surface area contributed by atoms with Gasteiger partial charge in [-0.3, -0.25) is 0 Å². The summed E-state index contributed by atoms with van der Waals surface area (Å²) in [5.41, 5.74) is 0.220. The Morgan fingerprint density at radius 3 is 1.66 bits per heavy atom. The van der Waals surface area contributed by atoms with Gasteiger partial charge < -0.3 is 16.0 Å². The zero-order valence-corrected chi connectivity index (χ0v) is 21.4. The number of aromatic nitrogens is 3. The van der Waals surface area contributed by atoms with Crippen LogP contribution < -0.4 is 16.0 Å². The van der Waals surface area contributed by atoms with Crippen LogP contribution in [0.1, 0.15) is 103 Å². The van der Waals surface area contributed by atoms with E-state index in [2.05, 4.69) is 16.0 Å². The van der Waals surface area contributed by atoms with Gasteiger partial charge in [0.2, 0.25) is 17.8 Å². The first kappa shape index (κ1) is 21.5. The van der Waals surface area contributed by atoms with Crippen molar-refractivity contribution in [3.8, 4) is 0 Å². The van der Waals surface area contributed by atoms with Crippen LogP contribution in [0, 0.1) is 41.4 Å². The molecule has 190 valence electrons. The molecule has 0 saturated heterocycles. The number of hydrogen-bond donors (Lipinski definition) is 3. The smallest absolute Gasteiger partial charge is 0.229 e. The Hall–Kier alpha value is -1.59. The number of rotatable bonds is 6. The van der Waals surface area contributed by atoms with E-state index in [-0.39, 0.29) is 5.54 Å². The van der Waals surface area contributed by atoms with E-state index in [1.807, 2.05) is 0 Å². The molecule has 1 heterocycles. The quantitative estimate of drug-likeness (QED) is 0.452. The van der Waals surface area contributed by atoms with Gasteiger partial charge in [0.25, 0.3) is 0 Å². The normalized spacial score (nSPS) is 45.6. The summed E-state index contributed by atoms with van der Waals surface area (Å²) in [6, 6.07) is 1.06. The van der Waals surface area contributed by atoms with Crippen molar-refractivity contribution in [2.24, 2.45) is 41.4 Å². The third-order valence-electron chi connectivity index (χ3n) is 11.5. The monoisotopic (exact) mass is 476 g/mol. The number of nitrogens with one attached hydrogen (secondary N) is 3. The fourth-order valence-corrected chi connectivity index (χ4v) is 10.8. The lowest BCUT2D eigenvalue weighted by Crippen LogP contribution is -2.55. The maximum Gasteiger partial charge on any atom is 0.229 e. The fraction of sp³-hybridized carbons (Fsp3) is 0.897. The molecule has 35 heavy (non-hydrogen) atoms. The molecule has 3 N–H and O–H groups in total. The highest BCUT2D eigenvalue weighted by Crippen LogP contribution is 2.57. The predicted octanol–water partition coefficient (Wildman–Crippen LogP) is 6.23. The Kier molecular flexibility index (Phi) is 5.04. The Bertz CT molecular complexity index is 891. The van der Waals surface area contributed by atoms with Crippen molar-refractivity contribution in [1.29, 1.82) is 0 Å². The van der Waals surface area contributed by atoms with Gasteiger partial charge in [-0.1, -0.05) is 19.3 Å². The Balaban J connectivity index is 1.07. The SMILES string of the molecule is C1CCC(Nc2nc(NC3C4CC5CC(C4)CC3C5)nc(NC34CC5CC(CC(C5)C3)C4)n2)CC1. The molecule has 0 atom stereocenters. The lowest BCUT2D eigenvalue weighted by Gasteiger charge is -2.56. The van der Waals surface area contributed by atoms with Crippen LogP contribution in [0.2, 0.25) is 0 Å². The van der Waals surface area contributed by atoms with Crippen LogP contribution in [-0.2, 0) is 0 Å². The fourth-order valence-electron chi connectivity index (χ4n) is 10.8. The van der Waals surface area contributed by atoms with Gasteiger partial charge in [-0.15, -0.1) is 0 Å². The van der Waals surface area contributed by atoms with Gasteiger partial charge in [-0.05, 0) is 125 Å². The third kappa shape index (κ3) is 4.01. The highest BCUT2D eigenvalue weighted by Gasteiger charge is 2.52. The summed E-state index contributed by atoms with van der Waals surface area (Å²) in [5.74, 6) is 8.81. The summed E-state index contributed by atoms with van der Waals surface area (Å²) in [5, 5.41) is 11.6. The maximum atomic E-state index is 5.07. The molecule has 0 aromatic carbocycles. The first-order valence-corrected chi connectivity index (χ1v) is 15.2. The maximum absolute atomic E-state index is 5.07. The van der Waals surface area contributed by atoms with E-state index in [9.17, 15) is 0 Å². The highest BCUT2D eigenvalue weighted by atomic mass is 15.3. The molecule has 0 aliphatic heterocycles. The average Bonchev–Trinajstić information content (AvgIpc) is 2.80. The second kappa shape index (κ2) is 8.21. The van der Waals surface area contributed by atoms with Crippen molar-refractivity contribution < 1.29 is 0 Å². The minimum Gasteiger partial charge on any atom is -0.351 e. The van der Waals surface area contributed by atoms with Gasteiger partial charge in [0, 0.05) is 17.6 Å². The van der Waals surface area contributed by atoms with Crippen LogP contribution >= 0.6 is 0 Å². The van der Waals surface area contributed by atoms with Crippen molar-refractivity contribution >= 4 is 17.8 Å². The van der Waals surface area contributed by atoms with Gasteiger partial charge in [-0.2, -0.15) is 15.0 Å². The van der Waals surface area contributed by atoms with Gasteiger partial charge in [0.1, 0.15) is 0 Å². The molecule has 0 unspecified atom stereocenters. The third-order valence-corrected chi connectivity index (χ3v) is 11.5. The molecule has 0 radical (unpaired) electrons. The van der Waals surface area contributed by atoms with E-state index in [1.165, 1.54) is 103 Å². The lowest BCUT2D eigenvalue weighted by molar-refractivity contribution is 0.00720. The topological polar surface area (TPSA) is 74.8 Å². The Morgan fingerprint density at radius 1 is 0.543 bits per heavy atom. The van der Waals surface area contributed by atoms with Crippen LogP contribution in [0.3, 0.4) is 0 Å². The van der Waals surface area contributed by atoms with Crippen LogP contribution in [0.4, 0.5) is 17.8 Å². The first-order valence-electron chi connectivity index (χ1n) is 15.2. The highest BCUT2D eigenvalue weighted by molar-refractivity contribution is 5.45. The van der Waals surface area contributed by atoms with Crippen molar-refractivity contribution in [2.45, 2.75) is 120 Å². The molecule has 9 saturated carbocycles. The standard InChI is InChI=1S/C29H44N6/c1-2-4-24(5-3-1)30-26-32-27(31-25-22-10-17-6-18(12-22)13-23(25)11-17)34-28(33-26)35-29-14-19-7-20(15-29)9-21(8-19)16-29/h17-25H,1-16H2,(H3,30,31,32,33,34,35). The summed E-state index contributed by atoms with van der Waals surface area (Å²) in [4.78, 5) is 15.1. The van der Waals surface area contributed by atoms with Crippen LogP contribution in [-0.4, -0.2) is 32.6 Å². The van der Waals surface area contributed by atoms with Gasteiger partial charge in [-0.25, -0.2) is 0 Å². The Labute approximate surface area is 210 Å². The van der Waals surface area contributed by atoms with E-state index in [1.54, 1.807) is 0 Å². The molecular formula is C29H44N6. The minimum atomic E-state index is 0.220. The molecule has 6 heteroatoms. The average molecular weight is 477 g/mol. The second-order valence-corrected chi connectivity index (χ2v) is 14.2. The van der Waals surface area contributed by atoms with Crippen molar-refractivity contribution in [3.05, 3.63) is 0 Å². The van der Waals surface area contributed by atoms with Crippen LogP contribution in [0.25, 0.3) is 0 Å². The molecule has 1 aromatic rings. The molecule has 0 amide bonds. The molecule has 9 aliphatic carbocycles. The summed E-state index contributed by atoms with van der Waals surface area (Å²) in [7, 11) is 0. The van der Waals surface area contributed by atoms with Gasteiger partial charge in [0.15, 0.2) is 0 Å². The first-order chi connectivity index (χ1) is 17.1. The molecule has 1 aromatic heterocycles. The van der Waals surface area contributed by atoms with Gasteiger partial charge in [0.05, 0.1) is 0 Å². The van der Waals surface area contributed by atoms with Crippen molar-refractivity contribution in [2.75, 3.05) is 16.0 Å². The lowest BCUT2D eigenvalue weighted by atomic mass is 9.53. The summed E-state index contributed by atoms with van der Waals surface area (Å²) < 4.78 is 0.